The zero-order valence-electron chi connectivity index (χ0n) is 15.8. The molecule has 0 aliphatic carbocycles. The minimum absolute atomic E-state index is 0.0657. The standard InChI is InChI=1S/C19H18BrN3O5S2/c1-27-9-10-28-17-7-2-13(12-16(17)20)18(24)22-14-3-5-15(6-4-14)30(25,26)23-19-21-8-11-29-19/h2-8,11-12H,9-10H2,1H3,(H,21,23)(H,22,24). The molecule has 3 aromatic rings. The van der Waals surface area contributed by atoms with Gasteiger partial charge in [-0.25, -0.2) is 13.4 Å². The summed E-state index contributed by atoms with van der Waals surface area (Å²) in [5.74, 6) is 0.265. The van der Waals surface area contributed by atoms with Crippen molar-refractivity contribution in [3.05, 3.63) is 64.1 Å². The van der Waals surface area contributed by atoms with Crippen LogP contribution in [0.2, 0.25) is 0 Å². The Bertz CT molecular complexity index is 1100. The van der Waals surface area contributed by atoms with Gasteiger partial charge in [-0.15, -0.1) is 11.3 Å². The Hall–Kier alpha value is -2.47. The van der Waals surface area contributed by atoms with Gasteiger partial charge in [0, 0.05) is 29.9 Å². The van der Waals surface area contributed by atoms with Gasteiger partial charge in [0.15, 0.2) is 5.13 Å². The van der Waals surface area contributed by atoms with Gasteiger partial charge in [-0.2, -0.15) is 0 Å². The number of ether oxygens (including phenoxy) is 2. The molecule has 2 N–H and O–H groups in total. The molecule has 0 bridgehead atoms. The number of nitrogens with one attached hydrogen (secondary N) is 2. The summed E-state index contributed by atoms with van der Waals surface area (Å²) in [6, 6.07) is 10.8. The van der Waals surface area contributed by atoms with Crippen LogP contribution in [0.5, 0.6) is 5.75 Å². The maximum absolute atomic E-state index is 12.5. The van der Waals surface area contributed by atoms with E-state index in [0.29, 0.717) is 34.7 Å². The highest BCUT2D eigenvalue weighted by Crippen LogP contribution is 2.26. The Morgan fingerprint density at radius 2 is 1.93 bits per heavy atom. The van der Waals surface area contributed by atoms with Crippen molar-refractivity contribution >= 4 is 54.0 Å². The normalized spacial score (nSPS) is 11.1. The van der Waals surface area contributed by atoms with Gasteiger partial charge in [-0.05, 0) is 58.4 Å². The highest BCUT2D eigenvalue weighted by molar-refractivity contribution is 9.10. The molecule has 30 heavy (non-hydrogen) atoms. The van der Waals surface area contributed by atoms with E-state index in [4.69, 9.17) is 9.47 Å². The molecular formula is C19H18BrN3O5S2. The molecule has 1 aromatic heterocycles. The second-order valence-corrected chi connectivity index (χ2v) is 9.34. The zero-order chi connectivity index (χ0) is 21.6. The van der Waals surface area contributed by atoms with Crippen LogP contribution in [0.15, 0.2) is 63.4 Å². The lowest BCUT2D eigenvalue weighted by atomic mass is 10.2. The number of anilines is 2. The number of hydrogen-bond acceptors (Lipinski definition) is 7. The van der Waals surface area contributed by atoms with Crippen LogP contribution in [0, 0.1) is 0 Å². The molecule has 158 valence electrons. The molecule has 3 rings (SSSR count). The fraction of sp³-hybridized carbons (Fsp3) is 0.158. The number of thiazole rings is 1. The SMILES string of the molecule is COCCOc1ccc(C(=O)Nc2ccc(S(=O)(=O)Nc3nccs3)cc2)cc1Br. The molecule has 2 aromatic carbocycles. The van der Waals surface area contributed by atoms with Gasteiger partial charge in [0.1, 0.15) is 12.4 Å². The molecule has 0 saturated carbocycles. The zero-order valence-corrected chi connectivity index (χ0v) is 19.0. The Labute approximate surface area is 186 Å². The number of benzene rings is 2. The number of rotatable bonds is 9. The first kappa shape index (κ1) is 22.2. The van der Waals surface area contributed by atoms with Crippen LogP contribution in [0.4, 0.5) is 10.8 Å². The van der Waals surface area contributed by atoms with Crippen LogP contribution in [0.1, 0.15) is 10.4 Å². The number of amides is 1. The monoisotopic (exact) mass is 511 g/mol. The van der Waals surface area contributed by atoms with Crippen LogP contribution >= 0.6 is 27.3 Å². The van der Waals surface area contributed by atoms with Crippen molar-refractivity contribution in [3.63, 3.8) is 0 Å². The first-order valence-corrected chi connectivity index (χ1v) is 11.8. The molecule has 0 saturated heterocycles. The highest BCUT2D eigenvalue weighted by atomic mass is 79.9. The van der Waals surface area contributed by atoms with E-state index in [0.717, 1.165) is 0 Å². The molecule has 0 aliphatic heterocycles. The van der Waals surface area contributed by atoms with E-state index in [1.807, 2.05) is 0 Å². The van der Waals surface area contributed by atoms with Gasteiger partial charge in [-0.3, -0.25) is 9.52 Å². The Balaban J connectivity index is 1.65. The van der Waals surface area contributed by atoms with E-state index in [-0.39, 0.29) is 15.9 Å². The third-order valence-electron chi connectivity index (χ3n) is 3.82. The third-order valence-corrected chi connectivity index (χ3v) is 6.61. The summed E-state index contributed by atoms with van der Waals surface area (Å²) in [6.07, 6.45) is 1.51. The van der Waals surface area contributed by atoms with Crippen LogP contribution in [-0.2, 0) is 14.8 Å². The predicted octanol–water partition coefficient (Wildman–Crippen LogP) is 3.98. The van der Waals surface area contributed by atoms with Gasteiger partial charge < -0.3 is 14.8 Å². The second-order valence-electron chi connectivity index (χ2n) is 5.91. The second kappa shape index (κ2) is 10.0. The third kappa shape index (κ3) is 5.79. The molecule has 1 heterocycles. The maximum atomic E-state index is 12.5. The molecule has 11 heteroatoms. The van der Waals surface area contributed by atoms with Gasteiger partial charge in [0.05, 0.1) is 16.0 Å². The molecule has 0 spiro atoms. The van der Waals surface area contributed by atoms with E-state index in [1.54, 1.807) is 30.7 Å². The molecule has 0 atom stereocenters. The number of carbonyl (C=O) groups is 1. The minimum atomic E-state index is -3.74. The summed E-state index contributed by atoms with van der Waals surface area (Å²) in [4.78, 5) is 16.5. The molecule has 0 radical (unpaired) electrons. The fourth-order valence-electron chi connectivity index (χ4n) is 2.36. The number of carbonyl (C=O) groups excluding carboxylic acids is 1. The molecule has 0 aliphatic rings. The predicted molar refractivity (Wildman–Crippen MR) is 119 cm³/mol. The van der Waals surface area contributed by atoms with Crippen LogP contribution in [0.25, 0.3) is 0 Å². The number of methoxy groups -OCH3 is 1. The summed E-state index contributed by atoms with van der Waals surface area (Å²) in [6.45, 7) is 0.854. The van der Waals surface area contributed by atoms with Crippen molar-refractivity contribution in [2.24, 2.45) is 0 Å². The molecule has 0 unspecified atom stereocenters. The lowest BCUT2D eigenvalue weighted by Crippen LogP contribution is -2.14. The van der Waals surface area contributed by atoms with Crippen molar-refractivity contribution < 1.29 is 22.7 Å². The van der Waals surface area contributed by atoms with E-state index in [2.05, 4.69) is 31.0 Å². The number of nitrogens with zero attached hydrogens (tertiary/aromatic N) is 1. The van der Waals surface area contributed by atoms with Crippen LogP contribution in [0.3, 0.4) is 0 Å². The van der Waals surface area contributed by atoms with Gasteiger partial charge in [0.2, 0.25) is 0 Å². The van der Waals surface area contributed by atoms with Gasteiger partial charge in [0.25, 0.3) is 15.9 Å². The van der Waals surface area contributed by atoms with E-state index in [1.165, 1.54) is 41.8 Å². The van der Waals surface area contributed by atoms with E-state index < -0.39 is 10.0 Å². The summed E-state index contributed by atoms with van der Waals surface area (Å²) in [5.41, 5.74) is 0.882. The Morgan fingerprint density at radius 1 is 1.17 bits per heavy atom. The first-order chi connectivity index (χ1) is 14.4. The molecule has 1 amide bonds. The lowest BCUT2D eigenvalue weighted by molar-refractivity contribution is 0.102. The highest BCUT2D eigenvalue weighted by Gasteiger charge is 2.16. The van der Waals surface area contributed by atoms with E-state index in [9.17, 15) is 13.2 Å². The smallest absolute Gasteiger partial charge is 0.263 e. The first-order valence-electron chi connectivity index (χ1n) is 8.64. The number of halogens is 1. The average Bonchev–Trinajstić information content (AvgIpc) is 3.22. The Kier molecular flexibility index (Phi) is 7.43. The summed E-state index contributed by atoms with van der Waals surface area (Å²) in [5, 5.41) is 4.69. The van der Waals surface area contributed by atoms with Gasteiger partial charge in [-0.1, -0.05) is 0 Å². The van der Waals surface area contributed by atoms with Crippen LogP contribution in [-0.4, -0.2) is 39.6 Å². The summed E-state index contributed by atoms with van der Waals surface area (Å²) >= 11 is 4.57. The van der Waals surface area contributed by atoms with Crippen molar-refractivity contribution in [1.82, 2.24) is 4.98 Å². The Morgan fingerprint density at radius 3 is 2.57 bits per heavy atom. The number of hydrogen-bond donors (Lipinski definition) is 2. The van der Waals surface area contributed by atoms with Crippen molar-refractivity contribution in [2.75, 3.05) is 30.4 Å². The quantitative estimate of drug-likeness (QED) is 0.420. The maximum Gasteiger partial charge on any atom is 0.263 e. The number of aromatic nitrogens is 1. The minimum Gasteiger partial charge on any atom is -0.490 e. The molecule has 0 fully saturated rings. The molecular weight excluding hydrogens is 494 g/mol. The van der Waals surface area contributed by atoms with Crippen molar-refractivity contribution in [3.8, 4) is 5.75 Å². The summed E-state index contributed by atoms with van der Waals surface area (Å²) in [7, 11) is -2.16. The average molecular weight is 512 g/mol. The largest absolute Gasteiger partial charge is 0.490 e. The summed E-state index contributed by atoms with van der Waals surface area (Å²) < 4.78 is 38.2. The van der Waals surface area contributed by atoms with Crippen molar-refractivity contribution in [2.45, 2.75) is 4.90 Å². The fourth-order valence-corrected chi connectivity index (χ4v) is 4.64. The number of sulfonamides is 1. The van der Waals surface area contributed by atoms with Crippen molar-refractivity contribution in [1.29, 1.82) is 0 Å². The van der Waals surface area contributed by atoms with E-state index >= 15 is 0 Å². The molecule has 8 nitrogen and oxygen atoms in total. The van der Waals surface area contributed by atoms with Crippen LogP contribution < -0.4 is 14.8 Å². The topological polar surface area (TPSA) is 107 Å². The lowest BCUT2D eigenvalue weighted by Gasteiger charge is -2.10. The van der Waals surface area contributed by atoms with Gasteiger partial charge >= 0.3 is 0 Å².